The molecule has 83 heavy (non-hydrogen) atoms. The van der Waals surface area contributed by atoms with E-state index in [-0.39, 0.29) is 25.9 Å². The Morgan fingerprint density at radius 2 is 0.771 bits per heavy atom. The van der Waals surface area contributed by atoms with Gasteiger partial charge in [-0.05, 0) is 128 Å². The zero-order valence-corrected chi connectivity index (χ0v) is 51.9. The molecule has 0 saturated carbocycles. The van der Waals surface area contributed by atoms with Crippen molar-refractivity contribution in [2.24, 2.45) is 0 Å². The van der Waals surface area contributed by atoms with E-state index in [1.807, 2.05) is 6.08 Å². The summed E-state index contributed by atoms with van der Waals surface area (Å²) >= 11 is 0. The number of ether oxygens (including phenoxy) is 5. The molecule has 1 rings (SSSR count). The molecule has 3 N–H and O–H groups in total. The molecular formula is C71H114O12. The van der Waals surface area contributed by atoms with E-state index in [9.17, 15) is 34.5 Å². The van der Waals surface area contributed by atoms with E-state index in [0.717, 1.165) is 148 Å². The summed E-state index contributed by atoms with van der Waals surface area (Å²) in [6.07, 6.45) is 67.2. The quantitative estimate of drug-likeness (QED) is 0.0228. The predicted octanol–water partition coefficient (Wildman–Crippen LogP) is 17.6. The van der Waals surface area contributed by atoms with Gasteiger partial charge in [-0.3, -0.25) is 14.4 Å². The minimum absolute atomic E-state index is 0.0335. The Morgan fingerprint density at radius 3 is 1.19 bits per heavy atom. The zero-order chi connectivity index (χ0) is 60.3. The molecule has 12 heteroatoms. The molecule has 0 bridgehead atoms. The van der Waals surface area contributed by atoms with Gasteiger partial charge in [-0.2, -0.15) is 0 Å². The van der Waals surface area contributed by atoms with E-state index < -0.39 is 67.3 Å². The first-order valence-electron chi connectivity index (χ1n) is 32.5. The Balaban J connectivity index is 2.72. The summed E-state index contributed by atoms with van der Waals surface area (Å²) in [5.74, 6) is -3.23. The summed E-state index contributed by atoms with van der Waals surface area (Å²) in [5.41, 5.74) is 0. The number of carbonyl (C=O) groups is 4. The van der Waals surface area contributed by atoms with Gasteiger partial charge >= 0.3 is 23.9 Å². The molecule has 1 fully saturated rings. The Bertz CT molecular complexity index is 1900. The first-order valence-corrected chi connectivity index (χ1v) is 32.5. The number of hydrogen-bond acceptors (Lipinski definition) is 11. The van der Waals surface area contributed by atoms with E-state index >= 15 is 0 Å². The van der Waals surface area contributed by atoms with Gasteiger partial charge in [0.1, 0.15) is 18.8 Å². The number of unbranched alkanes of at least 4 members (excludes halogenated alkanes) is 20. The second kappa shape index (κ2) is 57.5. The van der Waals surface area contributed by atoms with Crippen LogP contribution in [0.4, 0.5) is 0 Å². The minimum Gasteiger partial charge on any atom is -0.479 e. The van der Waals surface area contributed by atoms with Crippen molar-refractivity contribution >= 4 is 23.9 Å². The SMILES string of the molecule is CC/C=C\C/C=C\C/C=C\C/C=C\C/C=C\CCCC(=O)OCC(COC1OC(C(=O)O)C(O)C(O)C1OC(=O)CCCCCCCC/C=C\C/C=C\C/C=C\CCCCC)OC(=O)CCCCCCCCC/C=C\C/C=C\CCCCC. The lowest BCUT2D eigenvalue weighted by molar-refractivity contribution is -0.301. The maximum atomic E-state index is 13.2. The average Bonchev–Trinajstić information content (AvgIpc) is 3.58. The average molecular weight is 1160 g/mol. The van der Waals surface area contributed by atoms with Crippen molar-refractivity contribution in [3.8, 4) is 0 Å². The van der Waals surface area contributed by atoms with Crippen molar-refractivity contribution in [2.75, 3.05) is 13.2 Å². The van der Waals surface area contributed by atoms with Gasteiger partial charge < -0.3 is 39.0 Å². The first kappa shape index (κ1) is 76.1. The molecule has 1 aliphatic heterocycles. The number of aliphatic hydroxyl groups is 2. The summed E-state index contributed by atoms with van der Waals surface area (Å²) in [7, 11) is 0. The highest BCUT2D eigenvalue weighted by Crippen LogP contribution is 2.26. The minimum atomic E-state index is -1.92. The molecule has 0 aromatic rings. The van der Waals surface area contributed by atoms with E-state index in [2.05, 4.69) is 136 Å². The van der Waals surface area contributed by atoms with Crippen molar-refractivity contribution in [3.63, 3.8) is 0 Å². The molecule has 6 unspecified atom stereocenters. The van der Waals surface area contributed by atoms with Gasteiger partial charge in [-0.25, -0.2) is 4.79 Å². The van der Waals surface area contributed by atoms with Crippen molar-refractivity contribution in [3.05, 3.63) is 122 Å². The number of allylic oxidation sites excluding steroid dienone is 20. The van der Waals surface area contributed by atoms with E-state index in [0.29, 0.717) is 25.7 Å². The second-order valence-corrected chi connectivity index (χ2v) is 21.7. The van der Waals surface area contributed by atoms with Crippen molar-refractivity contribution in [1.82, 2.24) is 0 Å². The van der Waals surface area contributed by atoms with E-state index in [1.165, 1.54) is 38.5 Å². The summed E-state index contributed by atoms with van der Waals surface area (Å²) in [4.78, 5) is 51.3. The highest BCUT2D eigenvalue weighted by molar-refractivity contribution is 5.74. The molecule has 0 aromatic heterocycles. The molecule has 0 spiro atoms. The van der Waals surface area contributed by atoms with Crippen molar-refractivity contribution < 1.29 is 58.2 Å². The second-order valence-electron chi connectivity index (χ2n) is 21.7. The molecule has 470 valence electrons. The third kappa shape index (κ3) is 47.1. The Hall–Kier alpha value is -4.88. The summed E-state index contributed by atoms with van der Waals surface area (Å²) in [6, 6.07) is 0. The Morgan fingerprint density at radius 1 is 0.410 bits per heavy atom. The highest BCUT2D eigenvalue weighted by atomic mass is 16.7. The molecule has 0 aromatic carbocycles. The lowest BCUT2D eigenvalue weighted by Crippen LogP contribution is -2.61. The van der Waals surface area contributed by atoms with E-state index in [4.69, 9.17) is 23.7 Å². The number of carbonyl (C=O) groups excluding carboxylic acids is 3. The molecule has 1 heterocycles. The number of esters is 3. The normalized spacial score (nSPS) is 18.4. The van der Waals surface area contributed by atoms with Crippen LogP contribution in [-0.4, -0.2) is 89.2 Å². The fourth-order valence-corrected chi connectivity index (χ4v) is 9.03. The highest BCUT2D eigenvalue weighted by Gasteiger charge is 2.50. The zero-order valence-electron chi connectivity index (χ0n) is 51.9. The number of rotatable bonds is 54. The number of carboxylic acid groups (broad SMARTS) is 1. The molecule has 0 radical (unpaired) electrons. The topological polar surface area (TPSA) is 175 Å². The Labute approximate surface area is 503 Å². The Kier molecular flexibility index (Phi) is 52.8. The monoisotopic (exact) mass is 1160 g/mol. The fourth-order valence-electron chi connectivity index (χ4n) is 9.03. The van der Waals surface area contributed by atoms with Crippen LogP contribution in [-0.2, 0) is 42.9 Å². The third-order valence-corrected chi connectivity index (χ3v) is 14.0. The summed E-state index contributed by atoms with van der Waals surface area (Å²) in [6.45, 7) is 5.78. The lowest BCUT2D eigenvalue weighted by atomic mass is 9.98. The van der Waals surface area contributed by atoms with Gasteiger partial charge in [0, 0.05) is 19.3 Å². The van der Waals surface area contributed by atoms with Crippen LogP contribution >= 0.6 is 0 Å². The van der Waals surface area contributed by atoms with Crippen LogP contribution in [0.5, 0.6) is 0 Å². The van der Waals surface area contributed by atoms with Crippen LogP contribution in [0.1, 0.15) is 252 Å². The molecule has 0 amide bonds. The van der Waals surface area contributed by atoms with Crippen LogP contribution in [0.2, 0.25) is 0 Å². The fraction of sp³-hybridized carbons (Fsp3) is 0.662. The van der Waals surface area contributed by atoms with Crippen LogP contribution in [0.25, 0.3) is 0 Å². The number of carboxylic acids is 1. The number of aliphatic carboxylic acids is 1. The van der Waals surface area contributed by atoms with Gasteiger partial charge in [-0.15, -0.1) is 0 Å². The molecule has 12 nitrogen and oxygen atoms in total. The molecule has 0 aliphatic carbocycles. The van der Waals surface area contributed by atoms with Gasteiger partial charge in [-0.1, -0.05) is 226 Å². The molecule has 1 aliphatic rings. The van der Waals surface area contributed by atoms with Crippen molar-refractivity contribution in [1.29, 1.82) is 0 Å². The van der Waals surface area contributed by atoms with Gasteiger partial charge in [0.25, 0.3) is 0 Å². The smallest absolute Gasteiger partial charge is 0.335 e. The standard InChI is InChI=1S/C71H114O12/c1-4-7-10-13-16-19-22-25-28-31-32-35-38-41-44-47-50-53-56-59-65(74)82-69-67(76)66(75)68(70(77)78)83-71(69)80-61-62(81-64(73)58-55-52-49-46-43-40-37-34-30-27-24-21-18-15-12-9-6-3)60-79-63(72)57-54-51-48-45-42-39-36-33-29-26-23-20-17-14-11-8-5-2/h8,11,16-21,25-30,32,35-36,39,45,48,62,66-69,71,75-76H,4-7,9-10,12-15,22-24,31,33-34,37-38,40-44,46-47,49-61H2,1-3H3,(H,77,78)/b11-8-,19-16-,20-17-,21-18-,28-25-,29-26-,30-27-,35-32-,39-36-,48-45-. The summed E-state index contributed by atoms with van der Waals surface area (Å²) in [5, 5.41) is 31.6. The first-order chi connectivity index (χ1) is 40.6. The maximum absolute atomic E-state index is 13.2. The van der Waals surface area contributed by atoms with Crippen LogP contribution < -0.4 is 0 Å². The maximum Gasteiger partial charge on any atom is 0.335 e. The third-order valence-electron chi connectivity index (χ3n) is 14.0. The number of hydrogen-bond donors (Lipinski definition) is 3. The summed E-state index contributed by atoms with van der Waals surface area (Å²) < 4.78 is 28.5. The van der Waals surface area contributed by atoms with E-state index in [1.54, 1.807) is 0 Å². The van der Waals surface area contributed by atoms with Gasteiger partial charge in [0.15, 0.2) is 24.6 Å². The molecular weight excluding hydrogens is 1040 g/mol. The molecule has 1 saturated heterocycles. The van der Waals surface area contributed by atoms with Crippen LogP contribution in [0.15, 0.2) is 122 Å². The predicted molar refractivity (Wildman–Crippen MR) is 340 cm³/mol. The number of aliphatic hydroxyl groups excluding tert-OH is 2. The largest absolute Gasteiger partial charge is 0.479 e. The van der Waals surface area contributed by atoms with Crippen LogP contribution in [0, 0.1) is 0 Å². The lowest BCUT2D eigenvalue weighted by Gasteiger charge is -2.40. The molecule has 6 atom stereocenters. The van der Waals surface area contributed by atoms with Crippen LogP contribution in [0.3, 0.4) is 0 Å². The van der Waals surface area contributed by atoms with Gasteiger partial charge in [0.05, 0.1) is 6.61 Å². The van der Waals surface area contributed by atoms with Gasteiger partial charge in [0.2, 0.25) is 0 Å². The van der Waals surface area contributed by atoms with Crippen molar-refractivity contribution in [2.45, 2.75) is 289 Å².